The van der Waals surface area contributed by atoms with E-state index in [-0.39, 0.29) is 24.7 Å². The first-order chi connectivity index (χ1) is 12.0. The van der Waals surface area contributed by atoms with Gasteiger partial charge >= 0.3 is 0 Å². The van der Waals surface area contributed by atoms with E-state index >= 15 is 0 Å². The van der Waals surface area contributed by atoms with Gasteiger partial charge in [-0.05, 0) is 14.1 Å². The first kappa shape index (κ1) is 17.6. The van der Waals surface area contributed by atoms with E-state index < -0.39 is 0 Å². The summed E-state index contributed by atoms with van der Waals surface area (Å²) < 4.78 is 12.7. The van der Waals surface area contributed by atoms with Gasteiger partial charge in [0.25, 0.3) is 5.89 Å². The van der Waals surface area contributed by atoms with Crippen molar-refractivity contribution in [1.29, 1.82) is 0 Å². The standard InChI is InChI=1S/C16H24N6O3/c1-5-13-18-14(25-19-13)9-24-11-7-22(8-11)16(23)15(20(2)3)12-6-17-10-21(12)4/h6,10-11,15H,5,7-9H2,1-4H3. The van der Waals surface area contributed by atoms with Crippen molar-refractivity contribution in [2.24, 2.45) is 7.05 Å². The molecule has 0 N–H and O–H groups in total. The summed E-state index contributed by atoms with van der Waals surface area (Å²) >= 11 is 0. The lowest BCUT2D eigenvalue weighted by Crippen LogP contribution is -2.57. The van der Waals surface area contributed by atoms with Crippen molar-refractivity contribution < 1.29 is 14.1 Å². The third kappa shape index (κ3) is 3.72. The second-order valence-electron chi connectivity index (χ2n) is 6.43. The van der Waals surface area contributed by atoms with Gasteiger partial charge in [0.15, 0.2) is 5.82 Å². The number of imidazole rings is 1. The molecule has 25 heavy (non-hydrogen) atoms. The number of amides is 1. The van der Waals surface area contributed by atoms with Gasteiger partial charge in [-0.15, -0.1) is 0 Å². The number of aryl methyl sites for hydroxylation is 2. The molecule has 1 fully saturated rings. The lowest BCUT2D eigenvalue weighted by molar-refractivity contribution is -0.151. The Balaban J connectivity index is 1.52. The summed E-state index contributed by atoms with van der Waals surface area (Å²) in [6.07, 6.45) is 4.16. The molecule has 0 aromatic carbocycles. The molecular weight excluding hydrogens is 324 g/mol. The summed E-state index contributed by atoms with van der Waals surface area (Å²) in [4.78, 5) is 24.9. The maximum Gasteiger partial charge on any atom is 0.252 e. The molecule has 1 saturated heterocycles. The molecule has 0 bridgehead atoms. The zero-order chi connectivity index (χ0) is 18.0. The maximum atomic E-state index is 12.8. The van der Waals surface area contributed by atoms with Crippen LogP contribution in [-0.4, -0.2) is 68.7 Å². The molecule has 2 aromatic rings. The van der Waals surface area contributed by atoms with Crippen LogP contribution >= 0.6 is 0 Å². The number of likely N-dealkylation sites (N-methyl/N-ethyl adjacent to an activating group) is 1. The number of carbonyl (C=O) groups is 1. The molecule has 3 rings (SSSR count). The number of nitrogens with zero attached hydrogens (tertiary/aromatic N) is 6. The molecule has 0 saturated carbocycles. The first-order valence-corrected chi connectivity index (χ1v) is 8.34. The fourth-order valence-corrected chi connectivity index (χ4v) is 2.82. The molecule has 9 heteroatoms. The average Bonchev–Trinajstić information content (AvgIpc) is 3.15. The van der Waals surface area contributed by atoms with E-state index in [4.69, 9.17) is 9.26 Å². The van der Waals surface area contributed by atoms with E-state index in [2.05, 4.69) is 15.1 Å². The maximum absolute atomic E-state index is 12.8. The van der Waals surface area contributed by atoms with Crippen molar-refractivity contribution in [3.05, 3.63) is 29.9 Å². The predicted octanol–water partition coefficient (Wildman–Crippen LogP) is 0.396. The Morgan fingerprint density at radius 2 is 2.24 bits per heavy atom. The molecule has 1 aliphatic heterocycles. The summed E-state index contributed by atoms with van der Waals surface area (Å²) in [5.74, 6) is 1.20. The van der Waals surface area contributed by atoms with Crippen LogP contribution in [0.25, 0.3) is 0 Å². The second kappa shape index (κ2) is 7.32. The van der Waals surface area contributed by atoms with Crippen LogP contribution in [0.15, 0.2) is 17.0 Å². The summed E-state index contributed by atoms with van der Waals surface area (Å²) in [5, 5.41) is 3.83. The van der Waals surface area contributed by atoms with Gasteiger partial charge in [-0.1, -0.05) is 12.1 Å². The molecule has 1 amide bonds. The highest BCUT2D eigenvalue weighted by atomic mass is 16.5. The van der Waals surface area contributed by atoms with Gasteiger partial charge in [0.05, 0.1) is 24.3 Å². The number of hydrogen-bond acceptors (Lipinski definition) is 7. The Labute approximate surface area is 146 Å². The molecule has 0 aliphatic carbocycles. The number of likely N-dealkylation sites (tertiary alicyclic amines) is 1. The van der Waals surface area contributed by atoms with Gasteiger partial charge < -0.3 is 18.7 Å². The van der Waals surface area contributed by atoms with Crippen molar-refractivity contribution >= 4 is 5.91 Å². The van der Waals surface area contributed by atoms with Crippen molar-refractivity contribution in [2.75, 3.05) is 27.2 Å². The number of carbonyl (C=O) groups excluding carboxylic acids is 1. The smallest absolute Gasteiger partial charge is 0.252 e. The summed E-state index contributed by atoms with van der Waals surface area (Å²) in [7, 11) is 5.68. The minimum absolute atomic E-state index is 0.00437. The summed E-state index contributed by atoms with van der Waals surface area (Å²) in [6, 6.07) is -0.350. The van der Waals surface area contributed by atoms with E-state index in [1.165, 1.54) is 0 Å². The molecular formula is C16H24N6O3. The van der Waals surface area contributed by atoms with Crippen LogP contribution in [0.3, 0.4) is 0 Å². The van der Waals surface area contributed by atoms with Crippen LogP contribution in [0.5, 0.6) is 0 Å². The van der Waals surface area contributed by atoms with Crippen molar-refractivity contribution in [2.45, 2.75) is 32.1 Å². The lowest BCUT2D eigenvalue weighted by atomic mass is 10.1. The highest BCUT2D eigenvalue weighted by Gasteiger charge is 2.37. The molecule has 0 radical (unpaired) electrons. The highest BCUT2D eigenvalue weighted by molar-refractivity contribution is 5.83. The molecule has 9 nitrogen and oxygen atoms in total. The van der Waals surface area contributed by atoms with E-state index in [1.807, 2.05) is 37.5 Å². The molecule has 136 valence electrons. The zero-order valence-electron chi connectivity index (χ0n) is 15.0. The topological polar surface area (TPSA) is 89.5 Å². The Morgan fingerprint density at radius 1 is 1.48 bits per heavy atom. The normalized spacial score (nSPS) is 16.3. The van der Waals surface area contributed by atoms with E-state index in [0.717, 1.165) is 12.1 Å². The fourth-order valence-electron chi connectivity index (χ4n) is 2.82. The quantitative estimate of drug-likeness (QED) is 0.715. The van der Waals surface area contributed by atoms with Crippen LogP contribution < -0.4 is 0 Å². The zero-order valence-corrected chi connectivity index (χ0v) is 15.0. The minimum atomic E-state index is -0.350. The molecule has 1 unspecified atom stereocenters. The molecule has 1 aliphatic rings. The second-order valence-corrected chi connectivity index (χ2v) is 6.43. The third-order valence-corrected chi connectivity index (χ3v) is 4.31. The Hall–Kier alpha value is -2.26. The monoisotopic (exact) mass is 348 g/mol. The Morgan fingerprint density at radius 3 is 2.80 bits per heavy atom. The molecule has 1 atom stereocenters. The Kier molecular flexibility index (Phi) is 5.14. The van der Waals surface area contributed by atoms with Crippen LogP contribution in [0.1, 0.15) is 30.4 Å². The van der Waals surface area contributed by atoms with E-state index in [1.54, 1.807) is 17.4 Å². The summed E-state index contributed by atoms with van der Waals surface area (Å²) in [6.45, 7) is 3.37. The number of rotatable bonds is 7. The number of aromatic nitrogens is 4. The molecule has 3 heterocycles. The summed E-state index contributed by atoms with van der Waals surface area (Å²) in [5.41, 5.74) is 0.873. The van der Waals surface area contributed by atoms with Crippen LogP contribution in [0.4, 0.5) is 0 Å². The van der Waals surface area contributed by atoms with Crippen molar-refractivity contribution in [3.8, 4) is 0 Å². The fraction of sp³-hybridized carbons (Fsp3) is 0.625. The Bertz CT molecular complexity index is 719. The number of ether oxygens (including phenoxy) is 1. The van der Waals surface area contributed by atoms with Gasteiger partial charge in [0.2, 0.25) is 5.91 Å². The molecule has 2 aromatic heterocycles. The molecule has 0 spiro atoms. The number of hydrogen-bond donors (Lipinski definition) is 0. The van der Waals surface area contributed by atoms with Gasteiger partial charge in [0, 0.05) is 26.6 Å². The van der Waals surface area contributed by atoms with Crippen molar-refractivity contribution in [1.82, 2.24) is 29.5 Å². The van der Waals surface area contributed by atoms with Gasteiger partial charge in [-0.3, -0.25) is 9.69 Å². The minimum Gasteiger partial charge on any atom is -0.365 e. The van der Waals surface area contributed by atoms with Gasteiger partial charge in [0.1, 0.15) is 12.6 Å². The van der Waals surface area contributed by atoms with Crippen molar-refractivity contribution in [3.63, 3.8) is 0 Å². The largest absolute Gasteiger partial charge is 0.365 e. The van der Waals surface area contributed by atoms with Crippen LogP contribution in [0, 0.1) is 0 Å². The average molecular weight is 348 g/mol. The predicted molar refractivity (Wildman–Crippen MR) is 88.5 cm³/mol. The highest BCUT2D eigenvalue weighted by Crippen LogP contribution is 2.24. The first-order valence-electron chi connectivity index (χ1n) is 8.34. The van der Waals surface area contributed by atoms with Gasteiger partial charge in [-0.2, -0.15) is 4.98 Å². The van der Waals surface area contributed by atoms with E-state index in [9.17, 15) is 4.79 Å². The van der Waals surface area contributed by atoms with Crippen LogP contribution in [0.2, 0.25) is 0 Å². The van der Waals surface area contributed by atoms with Gasteiger partial charge in [-0.25, -0.2) is 4.98 Å². The van der Waals surface area contributed by atoms with E-state index in [0.29, 0.717) is 24.8 Å². The van der Waals surface area contributed by atoms with Crippen LogP contribution in [-0.2, 0) is 29.6 Å². The lowest BCUT2D eigenvalue weighted by Gasteiger charge is -2.41. The third-order valence-electron chi connectivity index (χ3n) is 4.31. The SMILES string of the molecule is CCc1noc(COC2CN(C(=O)C(c3cncn3C)N(C)C)C2)n1.